The Morgan fingerprint density at radius 2 is 1.67 bits per heavy atom. The van der Waals surface area contributed by atoms with Gasteiger partial charge >= 0.3 is 0 Å². The maximum Gasteiger partial charge on any atom is 0.0840 e. The number of hydrogen-bond acceptors (Lipinski definition) is 2. The molecule has 1 fully saturated rings. The highest BCUT2D eigenvalue weighted by Crippen LogP contribution is 2.38. The van der Waals surface area contributed by atoms with Gasteiger partial charge in [-0.3, -0.25) is 0 Å². The Balaban J connectivity index is 2.68. The minimum Gasteiger partial charge on any atom is -0.382 e. The molecule has 5 atom stereocenters. The van der Waals surface area contributed by atoms with Gasteiger partial charge < -0.3 is 9.47 Å². The number of ether oxygens (including phenoxy) is 2. The lowest BCUT2D eigenvalue weighted by Gasteiger charge is -2.44. The lowest BCUT2D eigenvalue weighted by Crippen LogP contribution is -2.47. The molecule has 0 aromatic heterocycles. The van der Waals surface area contributed by atoms with Crippen molar-refractivity contribution in [1.82, 2.24) is 0 Å². The van der Waals surface area contributed by atoms with Gasteiger partial charge in [0.1, 0.15) is 0 Å². The zero-order valence-corrected chi connectivity index (χ0v) is 10.8. The predicted octanol–water partition coefficient (Wildman–Crippen LogP) is 3.11. The zero-order chi connectivity index (χ0) is 11.4. The Morgan fingerprint density at radius 1 is 1.00 bits per heavy atom. The van der Waals surface area contributed by atoms with Crippen molar-refractivity contribution in [2.75, 3.05) is 13.7 Å². The van der Waals surface area contributed by atoms with Crippen LogP contribution in [0.3, 0.4) is 0 Å². The van der Waals surface area contributed by atoms with Crippen LogP contribution < -0.4 is 0 Å². The summed E-state index contributed by atoms with van der Waals surface area (Å²) in [5.74, 6) is 2.07. The molecule has 2 nitrogen and oxygen atoms in total. The average molecular weight is 214 g/mol. The smallest absolute Gasteiger partial charge is 0.0840 e. The molecule has 0 amide bonds. The minimum atomic E-state index is 0.290. The molecule has 1 aliphatic rings. The lowest BCUT2D eigenvalue weighted by atomic mass is 9.74. The Labute approximate surface area is 94.3 Å². The van der Waals surface area contributed by atoms with E-state index in [9.17, 15) is 0 Å². The first-order chi connectivity index (χ1) is 7.15. The van der Waals surface area contributed by atoms with Crippen LogP contribution in [-0.4, -0.2) is 25.9 Å². The molecule has 0 saturated carbocycles. The predicted molar refractivity (Wildman–Crippen MR) is 62.9 cm³/mol. The van der Waals surface area contributed by atoms with Crippen LogP contribution in [0.15, 0.2) is 0 Å². The third kappa shape index (κ3) is 2.73. The Kier molecular flexibility index (Phi) is 5.07. The standard InChI is InChI=1S/C13H26O2/c1-6-11-9(3)10(4)13(8-14-5)15-12(11)7-2/h9-13H,6-8H2,1-5H3. The van der Waals surface area contributed by atoms with Crippen molar-refractivity contribution in [3.05, 3.63) is 0 Å². The summed E-state index contributed by atoms with van der Waals surface area (Å²) in [5, 5.41) is 0. The Hall–Kier alpha value is -0.0800. The van der Waals surface area contributed by atoms with Gasteiger partial charge in [-0.15, -0.1) is 0 Å². The number of hydrogen-bond donors (Lipinski definition) is 0. The van der Waals surface area contributed by atoms with Gasteiger partial charge in [0, 0.05) is 7.11 Å². The van der Waals surface area contributed by atoms with Crippen LogP contribution in [0.1, 0.15) is 40.5 Å². The zero-order valence-electron chi connectivity index (χ0n) is 10.8. The van der Waals surface area contributed by atoms with Gasteiger partial charge in [0.15, 0.2) is 0 Å². The Bertz CT molecular complexity index is 177. The van der Waals surface area contributed by atoms with E-state index in [1.54, 1.807) is 7.11 Å². The second kappa shape index (κ2) is 5.86. The second-order valence-corrected chi connectivity index (χ2v) is 4.87. The van der Waals surface area contributed by atoms with Crippen molar-refractivity contribution < 1.29 is 9.47 Å². The van der Waals surface area contributed by atoms with Crippen LogP contribution in [0.5, 0.6) is 0 Å². The molecule has 1 heterocycles. The normalized spacial score (nSPS) is 41.8. The van der Waals surface area contributed by atoms with E-state index in [0.717, 1.165) is 24.9 Å². The number of methoxy groups -OCH3 is 1. The van der Waals surface area contributed by atoms with Gasteiger partial charge in [-0.05, 0) is 24.2 Å². The molecule has 1 rings (SSSR count). The van der Waals surface area contributed by atoms with E-state index >= 15 is 0 Å². The molecule has 90 valence electrons. The Morgan fingerprint density at radius 3 is 2.13 bits per heavy atom. The van der Waals surface area contributed by atoms with Crippen molar-refractivity contribution in [2.24, 2.45) is 17.8 Å². The molecule has 0 aromatic carbocycles. The fourth-order valence-electron chi connectivity index (χ4n) is 2.91. The van der Waals surface area contributed by atoms with Gasteiger partial charge in [0.05, 0.1) is 18.8 Å². The van der Waals surface area contributed by atoms with E-state index < -0.39 is 0 Å². The maximum absolute atomic E-state index is 6.14. The summed E-state index contributed by atoms with van der Waals surface area (Å²) in [4.78, 5) is 0. The average Bonchev–Trinajstić information content (AvgIpc) is 2.24. The number of rotatable bonds is 4. The quantitative estimate of drug-likeness (QED) is 0.716. The maximum atomic E-state index is 6.14. The summed E-state index contributed by atoms with van der Waals surface area (Å²) in [7, 11) is 1.76. The van der Waals surface area contributed by atoms with E-state index in [0.29, 0.717) is 12.0 Å². The summed E-state index contributed by atoms with van der Waals surface area (Å²) >= 11 is 0. The van der Waals surface area contributed by atoms with E-state index in [2.05, 4.69) is 27.7 Å². The van der Waals surface area contributed by atoms with Crippen LogP contribution in [0.25, 0.3) is 0 Å². The van der Waals surface area contributed by atoms with Gasteiger partial charge in [-0.2, -0.15) is 0 Å². The first-order valence-electron chi connectivity index (χ1n) is 6.30. The van der Waals surface area contributed by atoms with Crippen LogP contribution in [0.2, 0.25) is 0 Å². The molecule has 1 saturated heterocycles. The molecular formula is C13H26O2. The molecule has 15 heavy (non-hydrogen) atoms. The largest absolute Gasteiger partial charge is 0.382 e. The molecule has 0 radical (unpaired) electrons. The lowest BCUT2D eigenvalue weighted by molar-refractivity contribution is -0.156. The van der Waals surface area contributed by atoms with Gasteiger partial charge in [-0.1, -0.05) is 34.1 Å². The van der Waals surface area contributed by atoms with Gasteiger partial charge in [0.2, 0.25) is 0 Å². The first-order valence-corrected chi connectivity index (χ1v) is 6.30. The summed E-state index contributed by atoms with van der Waals surface area (Å²) in [6.07, 6.45) is 3.07. The molecular weight excluding hydrogens is 188 g/mol. The third-order valence-electron chi connectivity index (χ3n) is 4.12. The minimum absolute atomic E-state index is 0.290. The van der Waals surface area contributed by atoms with Crippen molar-refractivity contribution in [2.45, 2.75) is 52.7 Å². The summed E-state index contributed by atoms with van der Waals surface area (Å²) < 4.78 is 11.4. The molecule has 5 unspecified atom stereocenters. The van der Waals surface area contributed by atoms with Crippen LogP contribution in [-0.2, 0) is 9.47 Å². The SMILES string of the molecule is CCC1OC(COC)C(C)C(C)C1CC. The van der Waals surface area contributed by atoms with Crippen molar-refractivity contribution in [1.29, 1.82) is 0 Å². The third-order valence-corrected chi connectivity index (χ3v) is 4.12. The summed E-state index contributed by atoms with van der Waals surface area (Å²) in [5.41, 5.74) is 0. The highest BCUT2D eigenvalue weighted by atomic mass is 16.5. The van der Waals surface area contributed by atoms with Crippen molar-refractivity contribution >= 4 is 0 Å². The fraction of sp³-hybridized carbons (Fsp3) is 1.00. The molecule has 0 aliphatic carbocycles. The van der Waals surface area contributed by atoms with Crippen LogP contribution in [0, 0.1) is 17.8 Å². The second-order valence-electron chi connectivity index (χ2n) is 4.87. The van der Waals surface area contributed by atoms with Crippen molar-refractivity contribution in [3.8, 4) is 0 Å². The highest BCUT2D eigenvalue weighted by Gasteiger charge is 2.39. The van der Waals surface area contributed by atoms with Crippen LogP contribution in [0.4, 0.5) is 0 Å². The molecule has 0 N–H and O–H groups in total. The van der Waals surface area contributed by atoms with E-state index in [1.807, 2.05) is 0 Å². The topological polar surface area (TPSA) is 18.5 Å². The molecule has 0 bridgehead atoms. The molecule has 1 aliphatic heterocycles. The summed E-state index contributed by atoms with van der Waals surface area (Å²) in [6.45, 7) is 9.89. The molecule has 2 heteroatoms. The van der Waals surface area contributed by atoms with Crippen LogP contribution >= 0.6 is 0 Å². The van der Waals surface area contributed by atoms with E-state index in [1.165, 1.54) is 6.42 Å². The molecule has 0 spiro atoms. The first kappa shape index (κ1) is 13.0. The highest BCUT2D eigenvalue weighted by molar-refractivity contribution is 4.86. The van der Waals surface area contributed by atoms with Gasteiger partial charge in [0.25, 0.3) is 0 Å². The fourth-order valence-corrected chi connectivity index (χ4v) is 2.91. The van der Waals surface area contributed by atoms with Crippen molar-refractivity contribution in [3.63, 3.8) is 0 Å². The molecule has 0 aromatic rings. The monoisotopic (exact) mass is 214 g/mol. The summed E-state index contributed by atoms with van der Waals surface area (Å²) in [6, 6.07) is 0. The van der Waals surface area contributed by atoms with Gasteiger partial charge in [-0.25, -0.2) is 0 Å². The van der Waals surface area contributed by atoms with E-state index in [-0.39, 0.29) is 6.10 Å². The van der Waals surface area contributed by atoms with E-state index in [4.69, 9.17) is 9.47 Å².